The number of aliphatic carboxylic acids is 1. The Kier molecular flexibility index (Phi) is 6.10. The van der Waals surface area contributed by atoms with E-state index < -0.39 is 42.7 Å². The van der Waals surface area contributed by atoms with Gasteiger partial charge in [0.05, 0.1) is 0 Å². The summed E-state index contributed by atoms with van der Waals surface area (Å²) in [6, 6.07) is 7.75. The fourth-order valence-electron chi connectivity index (χ4n) is 2.41. The molecule has 24 heavy (non-hydrogen) atoms. The highest BCUT2D eigenvalue weighted by Crippen LogP contribution is 2.22. The van der Waals surface area contributed by atoms with Crippen LogP contribution in [0, 0.1) is 0 Å². The average molecular weight is 341 g/mol. The number of carboxylic acids is 1. The molecule has 1 amide bonds. The minimum Gasteiger partial charge on any atom is -0.479 e. The van der Waals surface area contributed by atoms with Gasteiger partial charge in [0.15, 0.2) is 12.4 Å². The molecular weight excluding hydrogens is 322 g/mol. The van der Waals surface area contributed by atoms with Crippen molar-refractivity contribution in [3.05, 3.63) is 35.9 Å². The van der Waals surface area contributed by atoms with Gasteiger partial charge in [0.25, 0.3) is 0 Å². The van der Waals surface area contributed by atoms with Crippen LogP contribution in [-0.4, -0.2) is 65.1 Å². The first-order valence-corrected chi connectivity index (χ1v) is 7.18. The number of alkyl carbamates (subject to hydrolysis) is 1. The number of benzene rings is 1. The van der Waals surface area contributed by atoms with Crippen molar-refractivity contribution in [2.24, 2.45) is 0 Å². The highest BCUT2D eigenvalue weighted by Gasteiger charge is 2.48. The molecule has 0 bridgehead atoms. The number of ether oxygens (including phenoxy) is 3. The zero-order valence-electron chi connectivity index (χ0n) is 12.9. The van der Waals surface area contributed by atoms with Crippen LogP contribution in [0.25, 0.3) is 0 Å². The third kappa shape index (κ3) is 4.20. The van der Waals surface area contributed by atoms with E-state index in [9.17, 15) is 19.8 Å². The lowest BCUT2D eigenvalue weighted by Crippen LogP contribution is -2.65. The summed E-state index contributed by atoms with van der Waals surface area (Å²) in [7, 11) is 1.22. The number of rotatable bonds is 5. The number of carboxylic acid groups (broad SMARTS) is 1. The van der Waals surface area contributed by atoms with Gasteiger partial charge in [-0.25, -0.2) is 9.59 Å². The first-order chi connectivity index (χ1) is 11.4. The molecule has 0 saturated carbocycles. The lowest BCUT2D eigenvalue weighted by molar-refractivity contribution is -0.252. The summed E-state index contributed by atoms with van der Waals surface area (Å²) in [6.45, 7) is 0.00823. The lowest BCUT2D eigenvalue weighted by atomic mass is 9.96. The zero-order valence-corrected chi connectivity index (χ0v) is 12.9. The fraction of sp³-hybridized carbons (Fsp3) is 0.467. The normalized spacial score (nSPS) is 29.7. The maximum absolute atomic E-state index is 11.9. The number of carbonyl (C=O) groups excluding carboxylic acids is 1. The van der Waals surface area contributed by atoms with Crippen LogP contribution in [0.2, 0.25) is 0 Å². The topological polar surface area (TPSA) is 135 Å². The molecule has 9 nitrogen and oxygen atoms in total. The molecule has 0 unspecified atom stereocenters. The van der Waals surface area contributed by atoms with Gasteiger partial charge in [0.1, 0.15) is 24.9 Å². The number of amides is 1. The molecule has 1 saturated heterocycles. The Labute approximate surface area is 137 Å². The molecule has 2 rings (SSSR count). The van der Waals surface area contributed by atoms with E-state index in [0.717, 1.165) is 5.56 Å². The molecule has 9 heteroatoms. The van der Waals surface area contributed by atoms with Gasteiger partial charge < -0.3 is 34.8 Å². The minimum absolute atomic E-state index is 0.00823. The van der Waals surface area contributed by atoms with Crippen LogP contribution in [0.4, 0.5) is 4.79 Å². The van der Waals surface area contributed by atoms with Crippen molar-refractivity contribution in [1.82, 2.24) is 5.32 Å². The molecule has 5 atom stereocenters. The maximum atomic E-state index is 11.9. The van der Waals surface area contributed by atoms with E-state index in [1.54, 1.807) is 24.3 Å². The zero-order chi connectivity index (χ0) is 17.7. The van der Waals surface area contributed by atoms with Crippen LogP contribution in [0.1, 0.15) is 5.56 Å². The molecule has 1 heterocycles. The molecule has 1 aromatic carbocycles. The van der Waals surface area contributed by atoms with E-state index in [0.29, 0.717) is 0 Å². The van der Waals surface area contributed by atoms with Crippen molar-refractivity contribution < 1.29 is 39.1 Å². The van der Waals surface area contributed by atoms with Gasteiger partial charge >= 0.3 is 12.1 Å². The number of nitrogens with one attached hydrogen (secondary N) is 1. The quantitative estimate of drug-likeness (QED) is 0.561. The predicted octanol–water partition coefficient (Wildman–Crippen LogP) is -0.541. The summed E-state index contributed by atoms with van der Waals surface area (Å²) >= 11 is 0. The van der Waals surface area contributed by atoms with Gasteiger partial charge in [-0.2, -0.15) is 0 Å². The van der Waals surface area contributed by atoms with E-state index in [4.69, 9.17) is 19.3 Å². The molecular formula is C15H19NO8. The second-order valence-electron chi connectivity index (χ2n) is 5.21. The number of aliphatic hydroxyl groups is 2. The molecule has 132 valence electrons. The van der Waals surface area contributed by atoms with E-state index in [1.165, 1.54) is 7.11 Å². The molecule has 1 aliphatic heterocycles. The predicted molar refractivity (Wildman–Crippen MR) is 78.9 cm³/mol. The third-order valence-corrected chi connectivity index (χ3v) is 3.61. The SMILES string of the molecule is CO[C@H]1[C@H](O)[C@@H](C(=O)O)O[C@H](O)[C@@H]1NC(=O)OCc1ccccc1. The largest absolute Gasteiger partial charge is 0.479 e. The van der Waals surface area contributed by atoms with Gasteiger partial charge in [0, 0.05) is 7.11 Å². The van der Waals surface area contributed by atoms with Crippen molar-refractivity contribution in [3.63, 3.8) is 0 Å². The first kappa shape index (κ1) is 18.1. The van der Waals surface area contributed by atoms with Crippen LogP contribution in [0.15, 0.2) is 30.3 Å². The highest BCUT2D eigenvalue weighted by atomic mass is 16.6. The monoisotopic (exact) mass is 341 g/mol. The van der Waals surface area contributed by atoms with Crippen LogP contribution < -0.4 is 5.32 Å². The van der Waals surface area contributed by atoms with E-state index >= 15 is 0 Å². The Morgan fingerprint density at radius 3 is 2.50 bits per heavy atom. The number of methoxy groups -OCH3 is 1. The molecule has 4 N–H and O–H groups in total. The standard InChI is InChI=1S/C15H19NO8/c1-22-11-9(14(20)24-12(10(11)17)13(18)19)16-15(21)23-7-8-5-3-2-4-6-8/h2-6,9-12,14,17,20H,7H2,1H3,(H,16,21)(H,18,19)/t9-,10+,11-,12+,14+/m1/s1. The van der Waals surface area contributed by atoms with Crippen LogP contribution in [0.3, 0.4) is 0 Å². The fourth-order valence-corrected chi connectivity index (χ4v) is 2.41. The van der Waals surface area contributed by atoms with E-state index in [1.807, 2.05) is 6.07 Å². The Balaban J connectivity index is 1.96. The van der Waals surface area contributed by atoms with Gasteiger partial charge in [-0.1, -0.05) is 30.3 Å². The van der Waals surface area contributed by atoms with Crippen molar-refractivity contribution in [1.29, 1.82) is 0 Å². The Bertz CT molecular complexity index is 566. The third-order valence-electron chi connectivity index (χ3n) is 3.61. The van der Waals surface area contributed by atoms with Crippen LogP contribution >= 0.6 is 0 Å². The van der Waals surface area contributed by atoms with Crippen molar-refractivity contribution >= 4 is 12.1 Å². The minimum atomic E-state index is -1.68. The molecule has 1 fully saturated rings. The lowest BCUT2D eigenvalue weighted by Gasteiger charge is -2.40. The second kappa shape index (κ2) is 8.06. The number of hydrogen-bond acceptors (Lipinski definition) is 7. The summed E-state index contributed by atoms with van der Waals surface area (Å²) in [5.74, 6) is -1.45. The molecule has 0 aliphatic carbocycles. The molecule has 0 radical (unpaired) electrons. The molecule has 1 aromatic rings. The van der Waals surface area contributed by atoms with Gasteiger partial charge in [-0.05, 0) is 5.56 Å². The number of aliphatic hydroxyl groups excluding tert-OH is 2. The average Bonchev–Trinajstić information content (AvgIpc) is 2.57. The number of hydrogen-bond donors (Lipinski definition) is 4. The van der Waals surface area contributed by atoms with Crippen LogP contribution in [0.5, 0.6) is 0 Å². The molecule has 0 spiro atoms. The van der Waals surface area contributed by atoms with Gasteiger partial charge in [0.2, 0.25) is 0 Å². The molecule has 0 aromatic heterocycles. The highest BCUT2D eigenvalue weighted by molar-refractivity contribution is 5.73. The van der Waals surface area contributed by atoms with Crippen molar-refractivity contribution in [3.8, 4) is 0 Å². The maximum Gasteiger partial charge on any atom is 0.407 e. The summed E-state index contributed by atoms with van der Waals surface area (Å²) in [6.07, 6.45) is -6.96. The van der Waals surface area contributed by atoms with Gasteiger partial charge in [-0.15, -0.1) is 0 Å². The van der Waals surface area contributed by atoms with E-state index in [-0.39, 0.29) is 6.61 Å². The summed E-state index contributed by atoms with van der Waals surface area (Å²) < 4.78 is 14.8. The Hall–Kier alpha value is -2.20. The van der Waals surface area contributed by atoms with Gasteiger partial charge in [-0.3, -0.25) is 0 Å². The summed E-state index contributed by atoms with van der Waals surface area (Å²) in [4.78, 5) is 22.9. The summed E-state index contributed by atoms with van der Waals surface area (Å²) in [5, 5.41) is 31.1. The number of carbonyl (C=O) groups is 2. The van der Waals surface area contributed by atoms with E-state index in [2.05, 4.69) is 5.32 Å². The summed E-state index contributed by atoms with van der Waals surface area (Å²) in [5.41, 5.74) is 0.766. The molecule has 1 aliphatic rings. The Morgan fingerprint density at radius 2 is 1.92 bits per heavy atom. The first-order valence-electron chi connectivity index (χ1n) is 7.18. The Morgan fingerprint density at radius 1 is 1.25 bits per heavy atom. The second-order valence-corrected chi connectivity index (χ2v) is 5.21. The smallest absolute Gasteiger partial charge is 0.407 e. The van der Waals surface area contributed by atoms with Crippen molar-refractivity contribution in [2.75, 3.05) is 7.11 Å². The van der Waals surface area contributed by atoms with Crippen molar-refractivity contribution in [2.45, 2.75) is 37.3 Å². The van der Waals surface area contributed by atoms with Crippen LogP contribution in [-0.2, 0) is 25.6 Å².